The molecule has 2 aromatic heterocycles. The Bertz CT molecular complexity index is 710. The van der Waals surface area contributed by atoms with Gasteiger partial charge in [-0.25, -0.2) is 9.67 Å². The van der Waals surface area contributed by atoms with Crippen LogP contribution in [-0.2, 0) is 11.8 Å². The van der Waals surface area contributed by atoms with E-state index in [2.05, 4.69) is 15.3 Å². The summed E-state index contributed by atoms with van der Waals surface area (Å²) in [7, 11) is 1.79. The monoisotopic (exact) mass is 301 g/mol. The zero-order valence-electron chi connectivity index (χ0n) is 12.7. The number of carbonyl (C=O) groups excluding carboxylic acids is 1. The molecular formula is C15H19N5O2. The van der Waals surface area contributed by atoms with Crippen molar-refractivity contribution in [2.45, 2.75) is 31.3 Å². The van der Waals surface area contributed by atoms with Gasteiger partial charge in [-0.15, -0.1) is 5.10 Å². The summed E-state index contributed by atoms with van der Waals surface area (Å²) in [5.74, 6) is 0.0212. The number of likely N-dealkylation sites (tertiary alicyclic amines) is 1. The number of hydrogen-bond donors (Lipinski definition) is 0. The first-order chi connectivity index (χ1) is 10.7. The van der Waals surface area contributed by atoms with Crippen molar-refractivity contribution in [3.8, 4) is 0 Å². The fourth-order valence-electron chi connectivity index (χ4n) is 3.49. The summed E-state index contributed by atoms with van der Waals surface area (Å²) in [5.41, 5.74) is 1.95. The number of amides is 1. The van der Waals surface area contributed by atoms with E-state index in [0.29, 0.717) is 16.7 Å². The number of piperidine rings is 1. The van der Waals surface area contributed by atoms with Gasteiger partial charge in [0, 0.05) is 32.9 Å². The highest BCUT2D eigenvalue weighted by atomic mass is 16.5. The van der Waals surface area contributed by atoms with Crippen LogP contribution in [0.5, 0.6) is 0 Å². The molecular weight excluding hydrogens is 282 g/mol. The normalized spacial score (nSPS) is 20.9. The molecule has 2 saturated heterocycles. The number of carbonyl (C=O) groups is 1. The molecule has 116 valence electrons. The molecule has 1 spiro atoms. The van der Waals surface area contributed by atoms with Crippen LogP contribution in [0.1, 0.15) is 36.0 Å². The van der Waals surface area contributed by atoms with Gasteiger partial charge >= 0.3 is 0 Å². The van der Waals surface area contributed by atoms with E-state index in [9.17, 15) is 4.79 Å². The third-order valence-electron chi connectivity index (χ3n) is 4.83. The number of ether oxygens (including phenoxy) is 1. The van der Waals surface area contributed by atoms with E-state index in [1.807, 2.05) is 4.90 Å². The highest BCUT2D eigenvalue weighted by Crippen LogP contribution is 2.35. The summed E-state index contributed by atoms with van der Waals surface area (Å²) < 4.78 is 7.51. The van der Waals surface area contributed by atoms with Crippen LogP contribution < -0.4 is 0 Å². The Labute approximate surface area is 128 Å². The molecule has 0 unspecified atom stereocenters. The van der Waals surface area contributed by atoms with E-state index in [-0.39, 0.29) is 11.5 Å². The fourth-order valence-corrected chi connectivity index (χ4v) is 3.49. The smallest absolute Gasteiger partial charge is 0.255 e. The average molecular weight is 301 g/mol. The van der Waals surface area contributed by atoms with E-state index in [1.165, 1.54) is 0 Å². The lowest BCUT2D eigenvalue weighted by atomic mass is 9.88. The van der Waals surface area contributed by atoms with Crippen molar-refractivity contribution in [3.63, 3.8) is 0 Å². The Morgan fingerprint density at radius 2 is 2.14 bits per heavy atom. The Balaban J connectivity index is 1.51. The summed E-state index contributed by atoms with van der Waals surface area (Å²) in [5, 5.41) is 7.94. The lowest BCUT2D eigenvalue weighted by molar-refractivity contribution is -0.0387. The molecule has 22 heavy (non-hydrogen) atoms. The van der Waals surface area contributed by atoms with Crippen molar-refractivity contribution in [1.29, 1.82) is 0 Å². The molecule has 0 N–H and O–H groups in total. The molecule has 0 atom stereocenters. The fraction of sp³-hybridized carbons (Fsp3) is 0.600. The Kier molecular flexibility index (Phi) is 3.11. The number of rotatable bonds is 1. The maximum absolute atomic E-state index is 12.6. The van der Waals surface area contributed by atoms with Gasteiger partial charge in [0.15, 0.2) is 5.65 Å². The van der Waals surface area contributed by atoms with Gasteiger partial charge in [0.1, 0.15) is 5.52 Å². The maximum atomic E-state index is 12.6. The molecule has 0 bridgehead atoms. The van der Waals surface area contributed by atoms with Gasteiger partial charge in [-0.3, -0.25) is 4.79 Å². The maximum Gasteiger partial charge on any atom is 0.255 e. The van der Waals surface area contributed by atoms with Crippen molar-refractivity contribution in [1.82, 2.24) is 24.9 Å². The molecule has 7 nitrogen and oxygen atoms in total. The molecule has 4 rings (SSSR count). The van der Waals surface area contributed by atoms with Crippen LogP contribution in [0.4, 0.5) is 0 Å². The zero-order chi connectivity index (χ0) is 15.2. The van der Waals surface area contributed by atoms with Crippen molar-refractivity contribution in [2.24, 2.45) is 7.05 Å². The molecule has 4 heterocycles. The van der Waals surface area contributed by atoms with E-state index >= 15 is 0 Å². The highest BCUT2D eigenvalue weighted by Gasteiger charge is 2.39. The van der Waals surface area contributed by atoms with Crippen LogP contribution in [0.2, 0.25) is 0 Å². The number of aryl methyl sites for hydroxylation is 1. The van der Waals surface area contributed by atoms with Crippen LogP contribution in [0, 0.1) is 0 Å². The first kappa shape index (κ1) is 13.6. The third-order valence-corrected chi connectivity index (χ3v) is 4.83. The summed E-state index contributed by atoms with van der Waals surface area (Å²) in [6.45, 7) is 2.36. The van der Waals surface area contributed by atoms with Gasteiger partial charge in [-0.2, -0.15) is 0 Å². The van der Waals surface area contributed by atoms with Crippen molar-refractivity contribution in [3.05, 3.63) is 17.8 Å². The number of pyridine rings is 1. The number of nitrogens with zero attached hydrogens (tertiary/aromatic N) is 5. The Morgan fingerprint density at radius 3 is 2.86 bits per heavy atom. The first-order valence-corrected chi connectivity index (χ1v) is 7.76. The van der Waals surface area contributed by atoms with Gasteiger partial charge in [0.25, 0.3) is 5.91 Å². The molecule has 0 aromatic carbocycles. The predicted molar refractivity (Wildman–Crippen MR) is 79.4 cm³/mol. The molecule has 2 aromatic rings. The van der Waals surface area contributed by atoms with Crippen LogP contribution in [0.3, 0.4) is 0 Å². The largest absolute Gasteiger partial charge is 0.375 e. The van der Waals surface area contributed by atoms with Crippen LogP contribution in [0.15, 0.2) is 12.3 Å². The second-order valence-corrected chi connectivity index (χ2v) is 6.21. The molecule has 2 aliphatic rings. The predicted octanol–water partition coefficient (Wildman–Crippen LogP) is 1.15. The summed E-state index contributed by atoms with van der Waals surface area (Å²) in [6, 6.07) is 1.77. The lowest BCUT2D eigenvalue weighted by Gasteiger charge is -2.38. The SMILES string of the molecule is Cn1nnc2cc(C(=O)N3CCC4(CCCO4)CC3)cnc21. The minimum Gasteiger partial charge on any atom is -0.375 e. The van der Waals surface area contributed by atoms with Crippen LogP contribution >= 0.6 is 0 Å². The van der Waals surface area contributed by atoms with Gasteiger partial charge in [-0.1, -0.05) is 5.21 Å². The topological polar surface area (TPSA) is 73.1 Å². The lowest BCUT2D eigenvalue weighted by Crippen LogP contribution is -2.46. The molecule has 2 aliphatic heterocycles. The van der Waals surface area contributed by atoms with Crippen LogP contribution in [0.25, 0.3) is 11.2 Å². The van der Waals surface area contributed by atoms with Crippen molar-refractivity contribution in [2.75, 3.05) is 19.7 Å². The van der Waals surface area contributed by atoms with E-state index in [0.717, 1.165) is 45.4 Å². The molecule has 7 heteroatoms. The molecule has 0 saturated carbocycles. The van der Waals surface area contributed by atoms with Crippen LogP contribution in [-0.4, -0.2) is 56.1 Å². The van der Waals surface area contributed by atoms with Gasteiger partial charge in [-0.05, 0) is 31.7 Å². The van der Waals surface area contributed by atoms with Crippen molar-refractivity contribution >= 4 is 17.1 Å². The first-order valence-electron chi connectivity index (χ1n) is 7.76. The van der Waals surface area contributed by atoms with Gasteiger partial charge in [0.2, 0.25) is 0 Å². The highest BCUT2D eigenvalue weighted by molar-refractivity contribution is 5.96. The molecule has 0 radical (unpaired) electrons. The van der Waals surface area contributed by atoms with E-state index in [4.69, 9.17) is 4.74 Å². The minimum absolute atomic E-state index is 0.0212. The Hall–Kier alpha value is -2.02. The Morgan fingerprint density at radius 1 is 1.32 bits per heavy atom. The standard InChI is InChI=1S/C15H19N5O2/c1-19-13-12(17-18-19)9-11(10-16-13)14(21)20-6-4-15(5-7-20)3-2-8-22-15/h9-10H,2-8H2,1H3. The molecule has 1 amide bonds. The van der Waals surface area contributed by atoms with E-state index in [1.54, 1.807) is 24.0 Å². The third kappa shape index (κ3) is 2.16. The quantitative estimate of drug-likeness (QED) is 0.790. The minimum atomic E-state index is 0.0212. The number of aromatic nitrogens is 4. The second-order valence-electron chi connectivity index (χ2n) is 6.21. The second kappa shape index (κ2) is 5.01. The van der Waals surface area contributed by atoms with Gasteiger partial charge < -0.3 is 9.64 Å². The summed E-state index contributed by atoms with van der Waals surface area (Å²) >= 11 is 0. The molecule has 0 aliphatic carbocycles. The molecule has 2 fully saturated rings. The van der Waals surface area contributed by atoms with E-state index < -0.39 is 0 Å². The summed E-state index contributed by atoms with van der Waals surface area (Å²) in [4.78, 5) is 18.8. The van der Waals surface area contributed by atoms with Gasteiger partial charge in [0.05, 0.1) is 11.2 Å². The zero-order valence-corrected chi connectivity index (χ0v) is 12.7. The number of fused-ring (bicyclic) bond motifs is 1. The van der Waals surface area contributed by atoms with Crippen molar-refractivity contribution < 1.29 is 9.53 Å². The number of hydrogen-bond acceptors (Lipinski definition) is 5. The average Bonchev–Trinajstić information content (AvgIpc) is 3.15. The summed E-state index contributed by atoms with van der Waals surface area (Å²) in [6.07, 6.45) is 5.74.